The second-order valence-electron chi connectivity index (χ2n) is 3.88. The summed E-state index contributed by atoms with van der Waals surface area (Å²) in [5, 5.41) is 1.22. The molecule has 3 nitrogen and oxygen atoms in total. The topological polar surface area (TPSA) is 43.4 Å². The predicted molar refractivity (Wildman–Crippen MR) is 72.8 cm³/mol. The van der Waals surface area contributed by atoms with Crippen molar-refractivity contribution in [3.63, 3.8) is 0 Å². The number of rotatable bonds is 2. The summed E-state index contributed by atoms with van der Waals surface area (Å²) in [5.74, 6) is 1.00. The number of hydrogen-bond donors (Lipinski definition) is 0. The largest absolute Gasteiger partial charge is 0.461 e. The lowest BCUT2D eigenvalue weighted by Gasteiger charge is -2.04. The van der Waals surface area contributed by atoms with E-state index in [0.717, 1.165) is 5.56 Å². The van der Waals surface area contributed by atoms with Crippen molar-refractivity contribution < 1.29 is 8.83 Å². The molecule has 0 radical (unpaired) electrons. The van der Waals surface area contributed by atoms with Crippen molar-refractivity contribution in [2.45, 2.75) is 5.33 Å². The quantitative estimate of drug-likeness (QED) is 0.673. The summed E-state index contributed by atoms with van der Waals surface area (Å²) in [6, 6.07) is 10.5. The summed E-state index contributed by atoms with van der Waals surface area (Å²) in [5.41, 5.74) is 1.48. The summed E-state index contributed by atoms with van der Waals surface area (Å²) in [6.07, 6.45) is 1.55. The van der Waals surface area contributed by atoms with Gasteiger partial charge in [0, 0.05) is 17.0 Å². The molecule has 0 aliphatic carbocycles. The van der Waals surface area contributed by atoms with Gasteiger partial charge in [-0.2, -0.15) is 0 Å². The Morgan fingerprint density at radius 3 is 2.72 bits per heavy atom. The second kappa shape index (κ2) is 4.46. The Balaban J connectivity index is 2.35. The Hall–Kier alpha value is -1.81. The maximum atomic E-state index is 12.0. The first-order chi connectivity index (χ1) is 8.79. The standard InChI is InChI=1S/C14H9BrO3/c15-8-9-3-1-4-10-11(16)7-13(18-14(9)10)12-5-2-6-17-12/h1-7H,8H2. The van der Waals surface area contributed by atoms with Gasteiger partial charge in [-0.3, -0.25) is 4.79 Å². The molecular formula is C14H9BrO3. The number of benzene rings is 1. The molecule has 2 heterocycles. The maximum Gasteiger partial charge on any atom is 0.193 e. The van der Waals surface area contributed by atoms with E-state index in [0.29, 0.717) is 27.8 Å². The average Bonchev–Trinajstić information content (AvgIpc) is 2.92. The van der Waals surface area contributed by atoms with Crippen molar-refractivity contribution in [3.8, 4) is 11.5 Å². The van der Waals surface area contributed by atoms with Gasteiger partial charge in [0.05, 0.1) is 11.6 Å². The van der Waals surface area contributed by atoms with Crippen LogP contribution in [-0.2, 0) is 5.33 Å². The minimum Gasteiger partial charge on any atom is -0.461 e. The maximum absolute atomic E-state index is 12.0. The molecule has 0 amide bonds. The first-order valence-electron chi connectivity index (χ1n) is 5.45. The zero-order chi connectivity index (χ0) is 12.5. The van der Waals surface area contributed by atoms with Crippen LogP contribution in [0.4, 0.5) is 0 Å². The van der Waals surface area contributed by atoms with Crippen molar-refractivity contribution >= 4 is 26.9 Å². The van der Waals surface area contributed by atoms with Crippen molar-refractivity contribution in [3.05, 3.63) is 58.4 Å². The zero-order valence-corrected chi connectivity index (χ0v) is 10.9. The summed E-state index contributed by atoms with van der Waals surface area (Å²) >= 11 is 3.39. The fourth-order valence-corrected chi connectivity index (χ4v) is 2.32. The molecular weight excluding hydrogens is 296 g/mol. The van der Waals surface area contributed by atoms with Gasteiger partial charge in [0.25, 0.3) is 0 Å². The predicted octanol–water partition coefficient (Wildman–Crippen LogP) is 3.95. The third-order valence-electron chi connectivity index (χ3n) is 2.74. The van der Waals surface area contributed by atoms with Crippen LogP contribution in [0.3, 0.4) is 0 Å². The molecule has 18 heavy (non-hydrogen) atoms. The summed E-state index contributed by atoms with van der Waals surface area (Å²) in [4.78, 5) is 12.0. The minimum atomic E-state index is -0.0644. The average molecular weight is 305 g/mol. The fourth-order valence-electron chi connectivity index (χ4n) is 1.88. The first kappa shape index (κ1) is 11.3. The van der Waals surface area contributed by atoms with Crippen LogP contribution in [0.2, 0.25) is 0 Å². The van der Waals surface area contributed by atoms with E-state index in [1.807, 2.05) is 12.1 Å². The van der Waals surface area contributed by atoms with Gasteiger partial charge in [0.15, 0.2) is 16.9 Å². The number of fused-ring (bicyclic) bond motifs is 1. The molecule has 0 aliphatic rings. The molecule has 0 saturated heterocycles. The van der Waals surface area contributed by atoms with Gasteiger partial charge in [-0.15, -0.1) is 0 Å². The van der Waals surface area contributed by atoms with Crippen LogP contribution in [0.1, 0.15) is 5.56 Å². The summed E-state index contributed by atoms with van der Waals surface area (Å²) in [6.45, 7) is 0. The molecule has 1 aromatic carbocycles. The smallest absolute Gasteiger partial charge is 0.193 e. The van der Waals surface area contributed by atoms with E-state index in [1.54, 1.807) is 24.5 Å². The molecule has 0 spiro atoms. The van der Waals surface area contributed by atoms with E-state index in [2.05, 4.69) is 15.9 Å². The molecule has 3 aromatic rings. The molecule has 0 atom stereocenters. The monoisotopic (exact) mass is 304 g/mol. The van der Waals surface area contributed by atoms with Gasteiger partial charge in [-0.1, -0.05) is 28.1 Å². The Labute approximate surface area is 111 Å². The van der Waals surface area contributed by atoms with E-state index in [9.17, 15) is 4.79 Å². The molecule has 0 aliphatic heterocycles. The van der Waals surface area contributed by atoms with Crippen molar-refractivity contribution in [2.75, 3.05) is 0 Å². The molecule has 90 valence electrons. The summed E-state index contributed by atoms with van der Waals surface area (Å²) in [7, 11) is 0. The van der Waals surface area contributed by atoms with E-state index < -0.39 is 0 Å². The highest BCUT2D eigenvalue weighted by molar-refractivity contribution is 9.08. The molecule has 2 aromatic heterocycles. The number of halogens is 1. The van der Waals surface area contributed by atoms with E-state index in [-0.39, 0.29) is 5.43 Å². The van der Waals surface area contributed by atoms with Crippen LogP contribution in [-0.4, -0.2) is 0 Å². The molecule has 4 heteroatoms. The van der Waals surface area contributed by atoms with E-state index in [1.165, 1.54) is 6.07 Å². The van der Waals surface area contributed by atoms with Crippen LogP contribution in [0.15, 0.2) is 56.3 Å². The molecule has 0 unspecified atom stereocenters. The lowest BCUT2D eigenvalue weighted by Crippen LogP contribution is -2.01. The van der Waals surface area contributed by atoms with Gasteiger partial charge < -0.3 is 8.83 Å². The van der Waals surface area contributed by atoms with Gasteiger partial charge in [0.2, 0.25) is 0 Å². The minimum absolute atomic E-state index is 0.0644. The Morgan fingerprint density at radius 1 is 1.11 bits per heavy atom. The van der Waals surface area contributed by atoms with Crippen LogP contribution in [0, 0.1) is 0 Å². The lowest BCUT2D eigenvalue weighted by molar-refractivity contribution is 0.536. The van der Waals surface area contributed by atoms with Crippen LogP contribution < -0.4 is 5.43 Å². The normalized spacial score (nSPS) is 10.9. The highest BCUT2D eigenvalue weighted by atomic mass is 79.9. The highest BCUT2D eigenvalue weighted by Gasteiger charge is 2.11. The third-order valence-corrected chi connectivity index (χ3v) is 3.35. The number of hydrogen-bond acceptors (Lipinski definition) is 3. The number of alkyl halides is 1. The first-order valence-corrected chi connectivity index (χ1v) is 6.57. The summed E-state index contributed by atoms with van der Waals surface area (Å²) < 4.78 is 11.0. The van der Waals surface area contributed by atoms with Gasteiger partial charge >= 0.3 is 0 Å². The van der Waals surface area contributed by atoms with Crippen molar-refractivity contribution in [2.24, 2.45) is 0 Å². The zero-order valence-electron chi connectivity index (χ0n) is 9.35. The van der Waals surface area contributed by atoms with Crippen LogP contribution in [0.5, 0.6) is 0 Å². The molecule has 0 N–H and O–H groups in total. The molecule has 0 bridgehead atoms. The SMILES string of the molecule is O=c1cc(-c2ccco2)oc2c(CBr)cccc12. The van der Waals surface area contributed by atoms with Gasteiger partial charge in [-0.05, 0) is 18.2 Å². The van der Waals surface area contributed by atoms with Crippen molar-refractivity contribution in [1.82, 2.24) is 0 Å². The second-order valence-corrected chi connectivity index (χ2v) is 4.44. The number of furan rings is 1. The highest BCUT2D eigenvalue weighted by Crippen LogP contribution is 2.25. The Bertz CT molecular complexity index is 741. The molecule has 0 saturated carbocycles. The third kappa shape index (κ3) is 1.78. The molecule has 3 rings (SSSR count). The van der Waals surface area contributed by atoms with Crippen LogP contribution >= 0.6 is 15.9 Å². The molecule has 0 fully saturated rings. The van der Waals surface area contributed by atoms with Gasteiger partial charge in [-0.25, -0.2) is 0 Å². The van der Waals surface area contributed by atoms with Crippen molar-refractivity contribution in [1.29, 1.82) is 0 Å². The van der Waals surface area contributed by atoms with Crippen LogP contribution in [0.25, 0.3) is 22.5 Å². The van der Waals surface area contributed by atoms with Gasteiger partial charge in [0.1, 0.15) is 5.58 Å². The fraction of sp³-hybridized carbons (Fsp3) is 0.0714. The van der Waals surface area contributed by atoms with E-state index in [4.69, 9.17) is 8.83 Å². The Morgan fingerprint density at radius 2 is 2.00 bits per heavy atom. The Kier molecular flexibility index (Phi) is 2.80. The number of para-hydroxylation sites is 1. The lowest BCUT2D eigenvalue weighted by atomic mass is 10.1. The van der Waals surface area contributed by atoms with E-state index >= 15 is 0 Å².